The molecule has 0 aromatic heterocycles. The van der Waals surface area contributed by atoms with Crippen molar-refractivity contribution in [2.75, 3.05) is 26.2 Å². The van der Waals surface area contributed by atoms with Gasteiger partial charge in [-0.1, -0.05) is 26.0 Å². The third-order valence-corrected chi connectivity index (χ3v) is 4.98. The molecule has 2 heterocycles. The van der Waals surface area contributed by atoms with Crippen molar-refractivity contribution in [3.8, 4) is 0 Å². The Bertz CT molecular complexity index is 482. The summed E-state index contributed by atoms with van der Waals surface area (Å²) in [7, 11) is 0. The smallest absolute Gasteiger partial charge is 0.253 e. The van der Waals surface area contributed by atoms with Crippen LogP contribution in [0.25, 0.3) is 0 Å². The molecule has 21 heavy (non-hydrogen) atoms. The Morgan fingerprint density at radius 3 is 2.14 bits per heavy atom. The Morgan fingerprint density at radius 1 is 1.05 bits per heavy atom. The topological polar surface area (TPSA) is 23.6 Å². The van der Waals surface area contributed by atoms with Gasteiger partial charge in [0, 0.05) is 24.7 Å². The first-order valence-electron chi connectivity index (χ1n) is 8.28. The van der Waals surface area contributed by atoms with Crippen LogP contribution in [0.2, 0.25) is 0 Å². The third-order valence-electron chi connectivity index (χ3n) is 4.98. The number of carbonyl (C=O) groups is 1. The molecule has 1 aromatic rings. The fourth-order valence-corrected chi connectivity index (χ4v) is 3.33. The number of nitrogens with zero attached hydrogens (tertiary/aromatic N) is 2. The molecule has 3 nitrogen and oxygen atoms in total. The number of carbonyl (C=O) groups excluding carboxylic acids is 1. The number of amides is 1. The average molecular weight is 286 g/mol. The molecule has 3 rings (SSSR count). The standard InChI is InChI=1S/C18H26N2O/c1-14(2)15-4-6-16(7-5-15)18(21)20-12-8-17(9-13-20)19-10-3-11-19/h4-7,14,17H,3,8-13H2,1-2H3. The summed E-state index contributed by atoms with van der Waals surface area (Å²) in [6.07, 6.45) is 3.62. The minimum atomic E-state index is 0.201. The number of benzene rings is 1. The van der Waals surface area contributed by atoms with E-state index in [1.807, 2.05) is 17.0 Å². The molecule has 0 aliphatic carbocycles. The zero-order valence-electron chi connectivity index (χ0n) is 13.2. The predicted molar refractivity (Wildman–Crippen MR) is 85.6 cm³/mol. The van der Waals surface area contributed by atoms with Crippen LogP contribution >= 0.6 is 0 Å². The molecule has 3 heteroatoms. The number of hydrogen-bond donors (Lipinski definition) is 0. The highest BCUT2D eigenvalue weighted by atomic mass is 16.2. The summed E-state index contributed by atoms with van der Waals surface area (Å²) in [5.41, 5.74) is 2.13. The normalized spacial score (nSPS) is 20.6. The maximum Gasteiger partial charge on any atom is 0.253 e. The van der Waals surface area contributed by atoms with Gasteiger partial charge in [0.15, 0.2) is 0 Å². The maximum absolute atomic E-state index is 12.6. The van der Waals surface area contributed by atoms with Crippen LogP contribution in [0.1, 0.15) is 54.9 Å². The van der Waals surface area contributed by atoms with E-state index in [1.54, 1.807) is 0 Å². The van der Waals surface area contributed by atoms with Crippen molar-refractivity contribution < 1.29 is 4.79 Å². The lowest BCUT2D eigenvalue weighted by Gasteiger charge is -2.43. The summed E-state index contributed by atoms with van der Waals surface area (Å²) < 4.78 is 0. The van der Waals surface area contributed by atoms with E-state index in [9.17, 15) is 4.79 Å². The van der Waals surface area contributed by atoms with Gasteiger partial charge in [-0.05, 0) is 56.0 Å². The number of rotatable bonds is 3. The molecule has 2 aliphatic rings. The summed E-state index contributed by atoms with van der Waals surface area (Å²) in [4.78, 5) is 17.2. The quantitative estimate of drug-likeness (QED) is 0.852. The fourth-order valence-electron chi connectivity index (χ4n) is 3.33. The maximum atomic E-state index is 12.6. The van der Waals surface area contributed by atoms with Crippen LogP contribution in [0, 0.1) is 0 Å². The van der Waals surface area contributed by atoms with Gasteiger partial charge >= 0.3 is 0 Å². The van der Waals surface area contributed by atoms with Crippen LogP contribution in [-0.4, -0.2) is 47.9 Å². The van der Waals surface area contributed by atoms with Gasteiger partial charge in [0.25, 0.3) is 5.91 Å². The van der Waals surface area contributed by atoms with Crippen LogP contribution in [-0.2, 0) is 0 Å². The molecule has 0 unspecified atom stereocenters. The lowest BCUT2D eigenvalue weighted by atomic mass is 9.98. The Kier molecular flexibility index (Phi) is 4.29. The highest BCUT2D eigenvalue weighted by Crippen LogP contribution is 2.23. The Morgan fingerprint density at radius 2 is 1.67 bits per heavy atom. The predicted octanol–water partition coefficient (Wildman–Crippen LogP) is 3.12. The number of hydrogen-bond acceptors (Lipinski definition) is 2. The van der Waals surface area contributed by atoms with Crippen molar-refractivity contribution in [1.29, 1.82) is 0 Å². The summed E-state index contributed by atoms with van der Waals surface area (Å²) in [5, 5.41) is 0. The first kappa shape index (κ1) is 14.6. The van der Waals surface area contributed by atoms with Gasteiger partial charge < -0.3 is 9.80 Å². The van der Waals surface area contributed by atoms with Gasteiger partial charge in [0.1, 0.15) is 0 Å². The third kappa shape index (κ3) is 3.13. The van der Waals surface area contributed by atoms with E-state index in [0.29, 0.717) is 12.0 Å². The highest BCUT2D eigenvalue weighted by Gasteiger charge is 2.29. The molecule has 0 radical (unpaired) electrons. The van der Waals surface area contributed by atoms with Crippen LogP contribution in [0.4, 0.5) is 0 Å². The van der Waals surface area contributed by atoms with E-state index in [0.717, 1.165) is 31.5 Å². The second kappa shape index (κ2) is 6.18. The van der Waals surface area contributed by atoms with Gasteiger partial charge in [0.05, 0.1) is 0 Å². The zero-order valence-corrected chi connectivity index (χ0v) is 13.2. The molecule has 2 fully saturated rings. The number of piperidine rings is 1. The second-order valence-electron chi connectivity index (χ2n) is 6.69. The Labute approximate surface area is 127 Å². The molecule has 2 saturated heterocycles. The molecule has 0 saturated carbocycles. The summed E-state index contributed by atoms with van der Waals surface area (Å²) in [6, 6.07) is 8.86. The summed E-state index contributed by atoms with van der Waals surface area (Å²) in [6.45, 7) is 8.69. The first-order chi connectivity index (χ1) is 10.1. The van der Waals surface area contributed by atoms with Crippen LogP contribution in [0.3, 0.4) is 0 Å². The Balaban J connectivity index is 1.58. The molecular weight excluding hydrogens is 260 g/mol. The second-order valence-corrected chi connectivity index (χ2v) is 6.69. The van der Waals surface area contributed by atoms with Crippen molar-refractivity contribution in [2.24, 2.45) is 0 Å². The van der Waals surface area contributed by atoms with Gasteiger partial charge in [-0.2, -0.15) is 0 Å². The minimum Gasteiger partial charge on any atom is -0.339 e. The van der Waals surface area contributed by atoms with Gasteiger partial charge in [-0.25, -0.2) is 0 Å². The summed E-state index contributed by atoms with van der Waals surface area (Å²) >= 11 is 0. The molecule has 0 atom stereocenters. The van der Waals surface area contributed by atoms with Crippen LogP contribution < -0.4 is 0 Å². The lowest BCUT2D eigenvalue weighted by molar-refractivity contribution is 0.0489. The van der Waals surface area contributed by atoms with Gasteiger partial charge in [0.2, 0.25) is 0 Å². The molecule has 0 spiro atoms. The van der Waals surface area contributed by atoms with Crippen molar-refractivity contribution in [1.82, 2.24) is 9.80 Å². The van der Waals surface area contributed by atoms with E-state index < -0.39 is 0 Å². The van der Waals surface area contributed by atoms with Crippen molar-refractivity contribution in [2.45, 2.75) is 45.1 Å². The lowest BCUT2D eigenvalue weighted by Crippen LogP contribution is -2.51. The van der Waals surface area contributed by atoms with E-state index in [-0.39, 0.29) is 5.91 Å². The number of likely N-dealkylation sites (tertiary alicyclic amines) is 2. The molecule has 0 N–H and O–H groups in total. The van der Waals surface area contributed by atoms with E-state index in [1.165, 1.54) is 25.1 Å². The van der Waals surface area contributed by atoms with E-state index in [2.05, 4.69) is 30.9 Å². The minimum absolute atomic E-state index is 0.201. The SMILES string of the molecule is CC(C)c1ccc(C(=O)N2CCC(N3CCC3)CC2)cc1. The van der Waals surface area contributed by atoms with Crippen molar-refractivity contribution in [3.05, 3.63) is 35.4 Å². The molecule has 114 valence electrons. The molecular formula is C18H26N2O. The molecule has 1 aromatic carbocycles. The van der Waals surface area contributed by atoms with Crippen molar-refractivity contribution in [3.63, 3.8) is 0 Å². The molecule has 0 bridgehead atoms. The Hall–Kier alpha value is -1.35. The first-order valence-corrected chi connectivity index (χ1v) is 8.28. The van der Waals surface area contributed by atoms with Gasteiger partial charge in [-0.15, -0.1) is 0 Å². The monoisotopic (exact) mass is 286 g/mol. The van der Waals surface area contributed by atoms with Crippen molar-refractivity contribution >= 4 is 5.91 Å². The zero-order chi connectivity index (χ0) is 14.8. The molecule has 2 aliphatic heterocycles. The average Bonchev–Trinajstić information content (AvgIpc) is 2.46. The van der Waals surface area contributed by atoms with E-state index in [4.69, 9.17) is 0 Å². The fraction of sp³-hybridized carbons (Fsp3) is 0.611. The van der Waals surface area contributed by atoms with Gasteiger partial charge in [-0.3, -0.25) is 4.79 Å². The molecule has 1 amide bonds. The van der Waals surface area contributed by atoms with Crippen LogP contribution in [0.5, 0.6) is 0 Å². The van der Waals surface area contributed by atoms with Crippen LogP contribution in [0.15, 0.2) is 24.3 Å². The summed E-state index contributed by atoms with van der Waals surface area (Å²) in [5.74, 6) is 0.716. The largest absolute Gasteiger partial charge is 0.339 e. The highest BCUT2D eigenvalue weighted by molar-refractivity contribution is 5.94. The van der Waals surface area contributed by atoms with E-state index >= 15 is 0 Å².